The number of benzene rings is 1. The van der Waals surface area contributed by atoms with Crippen molar-refractivity contribution in [1.82, 2.24) is 10.3 Å². The molecule has 1 aliphatic rings. The predicted molar refractivity (Wildman–Crippen MR) is 81.5 cm³/mol. The van der Waals surface area contributed by atoms with Gasteiger partial charge in [-0.05, 0) is 32.0 Å². The van der Waals surface area contributed by atoms with E-state index < -0.39 is 40.9 Å². The SMILES string of the molecule is CC1(C)Oc2ccncc2C(NC(=O)c2c(F)cccc2F)C1O. The maximum atomic E-state index is 13.8. The Morgan fingerprint density at radius 3 is 2.62 bits per heavy atom. The van der Waals surface area contributed by atoms with Crippen molar-refractivity contribution in [3.8, 4) is 5.75 Å². The van der Waals surface area contributed by atoms with Gasteiger partial charge in [0.1, 0.15) is 34.7 Å². The highest BCUT2D eigenvalue weighted by atomic mass is 19.1. The fraction of sp³-hybridized carbons (Fsp3) is 0.294. The van der Waals surface area contributed by atoms with E-state index in [2.05, 4.69) is 10.3 Å². The maximum Gasteiger partial charge on any atom is 0.257 e. The van der Waals surface area contributed by atoms with Gasteiger partial charge in [-0.25, -0.2) is 8.78 Å². The molecule has 2 heterocycles. The molecule has 0 fully saturated rings. The highest BCUT2D eigenvalue weighted by Gasteiger charge is 2.44. The van der Waals surface area contributed by atoms with E-state index in [-0.39, 0.29) is 0 Å². The molecule has 2 N–H and O–H groups in total. The van der Waals surface area contributed by atoms with Crippen LogP contribution in [0.15, 0.2) is 36.7 Å². The zero-order valence-electron chi connectivity index (χ0n) is 13.1. The van der Waals surface area contributed by atoms with E-state index in [1.54, 1.807) is 19.9 Å². The number of amides is 1. The van der Waals surface area contributed by atoms with Crippen LogP contribution in [0, 0.1) is 11.6 Å². The summed E-state index contributed by atoms with van der Waals surface area (Å²) in [5.74, 6) is -2.46. The molecular formula is C17H16F2N2O3. The van der Waals surface area contributed by atoms with Gasteiger partial charge >= 0.3 is 0 Å². The highest BCUT2D eigenvalue weighted by molar-refractivity contribution is 5.95. The predicted octanol–water partition coefficient (Wildman–Crippen LogP) is 2.36. The van der Waals surface area contributed by atoms with Gasteiger partial charge in [-0.1, -0.05) is 6.07 Å². The van der Waals surface area contributed by atoms with Crippen molar-refractivity contribution in [3.05, 3.63) is 59.4 Å². The summed E-state index contributed by atoms with van der Waals surface area (Å²) in [7, 11) is 0. The number of carbonyl (C=O) groups excluding carboxylic acids is 1. The number of hydrogen-bond donors (Lipinski definition) is 2. The first-order chi connectivity index (χ1) is 11.3. The summed E-state index contributed by atoms with van der Waals surface area (Å²) in [5.41, 5.74) is -1.26. The first kappa shape index (κ1) is 16.3. The molecule has 1 aliphatic heterocycles. The molecule has 0 aliphatic carbocycles. The summed E-state index contributed by atoms with van der Waals surface area (Å²) in [6, 6.07) is 3.86. The van der Waals surface area contributed by atoms with E-state index in [0.717, 1.165) is 12.1 Å². The number of aliphatic hydroxyl groups excluding tert-OH is 1. The molecule has 2 atom stereocenters. The number of hydrogen-bond acceptors (Lipinski definition) is 4. The molecule has 3 rings (SSSR count). The quantitative estimate of drug-likeness (QED) is 0.884. The molecule has 126 valence electrons. The lowest BCUT2D eigenvalue weighted by atomic mass is 9.87. The number of halogens is 2. The lowest BCUT2D eigenvalue weighted by molar-refractivity contribution is -0.0629. The Hall–Kier alpha value is -2.54. The Morgan fingerprint density at radius 1 is 1.29 bits per heavy atom. The van der Waals surface area contributed by atoms with Crippen LogP contribution in [0.2, 0.25) is 0 Å². The second kappa shape index (κ2) is 5.83. The Bertz CT molecular complexity index is 775. The molecule has 2 aromatic rings. The van der Waals surface area contributed by atoms with Crippen molar-refractivity contribution in [3.63, 3.8) is 0 Å². The number of rotatable bonds is 2. The van der Waals surface area contributed by atoms with E-state index in [1.807, 2.05) is 0 Å². The second-order valence-electron chi connectivity index (χ2n) is 6.11. The number of aliphatic hydroxyl groups is 1. The standard InChI is InChI=1S/C17H16F2N2O3/c1-17(2)15(22)14(9-8-20-7-6-12(9)24-17)21-16(23)13-10(18)4-3-5-11(13)19/h3-8,14-15,22H,1-2H3,(H,21,23). The zero-order chi connectivity index (χ0) is 17.5. The average molecular weight is 334 g/mol. The van der Waals surface area contributed by atoms with Crippen molar-refractivity contribution < 1.29 is 23.4 Å². The summed E-state index contributed by atoms with van der Waals surface area (Å²) in [6.45, 7) is 3.31. The Balaban J connectivity index is 1.98. The van der Waals surface area contributed by atoms with E-state index in [9.17, 15) is 18.7 Å². The van der Waals surface area contributed by atoms with Crippen LogP contribution in [0.5, 0.6) is 5.75 Å². The number of fused-ring (bicyclic) bond motifs is 1. The van der Waals surface area contributed by atoms with Gasteiger partial charge in [0.25, 0.3) is 5.91 Å². The molecular weight excluding hydrogens is 318 g/mol. The van der Waals surface area contributed by atoms with E-state index in [1.165, 1.54) is 18.5 Å². The third-order valence-corrected chi connectivity index (χ3v) is 4.02. The maximum absolute atomic E-state index is 13.8. The lowest BCUT2D eigenvalue weighted by Gasteiger charge is -2.42. The van der Waals surface area contributed by atoms with E-state index >= 15 is 0 Å². The van der Waals surface area contributed by atoms with Crippen molar-refractivity contribution in [2.24, 2.45) is 0 Å². The first-order valence-electron chi connectivity index (χ1n) is 7.37. The summed E-state index contributed by atoms with van der Waals surface area (Å²) in [4.78, 5) is 16.3. The van der Waals surface area contributed by atoms with E-state index in [0.29, 0.717) is 11.3 Å². The molecule has 1 aromatic heterocycles. The Kier molecular flexibility index (Phi) is 3.96. The molecule has 0 spiro atoms. The second-order valence-corrected chi connectivity index (χ2v) is 6.11. The number of ether oxygens (including phenoxy) is 1. The van der Waals surface area contributed by atoms with Crippen LogP contribution in [0.4, 0.5) is 8.78 Å². The summed E-state index contributed by atoms with van der Waals surface area (Å²) >= 11 is 0. The molecule has 24 heavy (non-hydrogen) atoms. The Labute approximate surface area is 137 Å². The van der Waals surface area contributed by atoms with Crippen LogP contribution in [0.3, 0.4) is 0 Å². The smallest absolute Gasteiger partial charge is 0.257 e. The molecule has 0 saturated heterocycles. The largest absolute Gasteiger partial charge is 0.485 e. The number of aromatic nitrogens is 1. The molecule has 0 saturated carbocycles. The number of pyridine rings is 1. The van der Waals surface area contributed by atoms with Crippen molar-refractivity contribution in [1.29, 1.82) is 0 Å². The molecule has 0 bridgehead atoms. The van der Waals surface area contributed by atoms with Gasteiger partial charge in [0.15, 0.2) is 0 Å². The fourth-order valence-electron chi connectivity index (χ4n) is 2.72. The fourth-order valence-corrected chi connectivity index (χ4v) is 2.72. The monoisotopic (exact) mass is 334 g/mol. The van der Waals surface area contributed by atoms with Crippen LogP contribution in [0.25, 0.3) is 0 Å². The van der Waals surface area contributed by atoms with Gasteiger partial charge in [0.05, 0.1) is 6.04 Å². The van der Waals surface area contributed by atoms with Gasteiger partial charge < -0.3 is 15.2 Å². The van der Waals surface area contributed by atoms with Gasteiger partial charge in [-0.15, -0.1) is 0 Å². The highest BCUT2D eigenvalue weighted by Crippen LogP contribution is 2.39. The van der Waals surface area contributed by atoms with Gasteiger partial charge in [-0.3, -0.25) is 9.78 Å². The van der Waals surface area contributed by atoms with E-state index in [4.69, 9.17) is 4.74 Å². The topological polar surface area (TPSA) is 71.5 Å². The van der Waals surface area contributed by atoms with Gasteiger partial charge in [-0.2, -0.15) is 0 Å². The minimum absolute atomic E-state index is 0.439. The minimum Gasteiger partial charge on any atom is -0.485 e. The summed E-state index contributed by atoms with van der Waals surface area (Å²) in [6.07, 6.45) is 1.83. The minimum atomic E-state index is -1.13. The molecule has 5 nitrogen and oxygen atoms in total. The number of carbonyl (C=O) groups is 1. The van der Waals surface area contributed by atoms with Crippen molar-refractivity contribution in [2.45, 2.75) is 31.6 Å². The first-order valence-corrected chi connectivity index (χ1v) is 7.37. The van der Waals surface area contributed by atoms with Crippen LogP contribution in [-0.2, 0) is 0 Å². The number of nitrogens with zero attached hydrogens (tertiary/aromatic N) is 1. The van der Waals surface area contributed by atoms with Crippen molar-refractivity contribution >= 4 is 5.91 Å². The molecule has 2 unspecified atom stereocenters. The van der Waals surface area contributed by atoms with Crippen molar-refractivity contribution in [2.75, 3.05) is 0 Å². The molecule has 0 radical (unpaired) electrons. The van der Waals surface area contributed by atoms with Crippen LogP contribution < -0.4 is 10.1 Å². The zero-order valence-corrected chi connectivity index (χ0v) is 13.1. The average Bonchev–Trinajstić information content (AvgIpc) is 2.51. The van der Waals surface area contributed by atoms with Crippen LogP contribution >= 0.6 is 0 Å². The van der Waals surface area contributed by atoms with Crippen LogP contribution in [0.1, 0.15) is 35.8 Å². The van der Waals surface area contributed by atoms with Gasteiger partial charge in [0.2, 0.25) is 0 Å². The molecule has 1 amide bonds. The lowest BCUT2D eigenvalue weighted by Crippen LogP contribution is -2.53. The summed E-state index contributed by atoms with van der Waals surface area (Å²) < 4.78 is 33.3. The Morgan fingerprint density at radius 2 is 1.96 bits per heavy atom. The third kappa shape index (κ3) is 2.71. The molecule has 1 aromatic carbocycles. The summed E-state index contributed by atoms with van der Waals surface area (Å²) in [5, 5.41) is 13.0. The normalized spacial score (nSPS) is 21.5. The van der Waals surface area contributed by atoms with Gasteiger partial charge in [0, 0.05) is 18.0 Å². The molecule has 7 heteroatoms. The third-order valence-electron chi connectivity index (χ3n) is 4.02. The van der Waals surface area contributed by atoms with Crippen LogP contribution in [-0.4, -0.2) is 27.7 Å². The number of nitrogens with one attached hydrogen (secondary N) is 1.